The van der Waals surface area contributed by atoms with Crippen molar-refractivity contribution in [3.05, 3.63) is 35.7 Å². The molecule has 48 valence electrons. The van der Waals surface area contributed by atoms with Crippen molar-refractivity contribution in [1.82, 2.24) is 0 Å². The zero-order valence-corrected chi connectivity index (χ0v) is 5.17. The summed E-state index contributed by atoms with van der Waals surface area (Å²) in [7, 11) is 0. The molecule has 1 rings (SSSR count). The first-order valence-electron chi connectivity index (χ1n) is 2.86. The largest absolute Gasteiger partial charge is 0.402 e. The first-order valence-corrected chi connectivity index (χ1v) is 2.86. The van der Waals surface area contributed by atoms with Crippen LogP contribution < -0.4 is 11.5 Å². The van der Waals surface area contributed by atoms with Crippen molar-refractivity contribution in [2.75, 3.05) is 0 Å². The molecule has 9 heavy (non-hydrogen) atoms. The third kappa shape index (κ3) is 1.64. The van der Waals surface area contributed by atoms with Crippen LogP contribution in [0.15, 0.2) is 35.7 Å². The number of rotatable bonds is 0. The van der Waals surface area contributed by atoms with Crippen LogP contribution in [0, 0.1) is 0 Å². The summed E-state index contributed by atoms with van der Waals surface area (Å²) in [5, 5.41) is 0. The summed E-state index contributed by atoms with van der Waals surface area (Å²) in [6, 6.07) is 0. The lowest BCUT2D eigenvalue weighted by molar-refractivity contribution is 1.06. The molecule has 0 bridgehead atoms. The molecule has 0 radical (unpaired) electrons. The van der Waals surface area contributed by atoms with E-state index in [1.807, 2.05) is 24.3 Å². The van der Waals surface area contributed by atoms with Gasteiger partial charge in [-0.05, 0) is 12.2 Å². The van der Waals surface area contributed by atoms with Crippen LogP contribution in [0.3, 0.4) is 0 Å². The second-order valence-electron chi connectivity index (χ2n) is 2.04. The Bertz CT molecular complexity index is 167. The van der Waals surface area contributed by atoms with Gasteiger partial charge in [-0.25, -0.2) is 0 Å². The lowest BCUT2D eigenvalue weighted by Crippen LogP contribution is -2.03. The highest BCUT2D eigenvalue weighted by Crippen LogP contribution is 2.04. The van der Waals surface area contributed by atoms with Gasteiger partial charge in [0.1, 0.15) is 0 Å². The summed E-state index contributed by atoms with van der Waals surface area (Å²) in [6.45, 7) is 0. The monoisotopic (exact) mass is 122 g/mol. The van der Waals surface area contributed by atoms with Crippen molar-refractivity contribution < 1.29 is 0 Å². The van der Waals surface area contributed by atoms with Crippen LogP contribution in [0.25, 0.3) is 0 Å². The highest BCUT2D eigenvalue weighted by Gasteiger charge is 1.93. The fourth-order valence-corrected chi connectivity index (χ4v) is 0.712. The average molecular weight is 122 g/mol. The maximum Gasteiger partial charge on any atom is 0.0267 e. The maximum atomic E-state index is 5.51. The van der Waals surface area contributed by atoms with E-state index in [-0.39, 0.29) is 0 Å². The van der Waals surface area contributed by atoms with Crippen LogP contribution in [0.1, 0.15) is 6.42 Å². The third-order valence-electron chi connectivity index (χ3n) is 1.14. The molecule has 1 aliphatic rings. The second-order valence-corrected chi connectivity index (χ2v) is 2.04. The van der Waals surface area contributed by atoms with E-state index < -0.39 is 0 Å². The van der Waals surface area contributed by atoms with E-state index in [0.717, 1.165) is 11.4 Å². The Hall–Kier alpha value is -1.18. The summed E-state index contributed by atoms with van der Waals surface area (Å²) in [4.78, 5) is 0. The smallest absolute Gasteiger partial charge is 0.0267 e. The van der Waals surface area contributed by atoms with Crippen molar-refractivity contribution in [2.24, 2.45) is 11.5 Å². The first kappa shape index (κ1) is 5.95. The summed E-state index contributed by atoms with van der Waals surface area (Å²) < 4.78 is 0. The molecular formula is C7H10N2. The summed E-state index contributed by atoms with van der Waals surface area (Å²) >= 11 is 0. The predicted molar refractivity (Wildman–Crippen MR) is 38.3 cm³/mol. The lowest BCUT2D eigenvalue weighted by atomic mass is 10.2. The minimum Gasteiger partial charge on any atom is -0.402 e. The molecule has 0 saturated heterocycles. The van der Waals surface area contributed by atoms with Crippen LogP contribution in [0.4, 0.5) is 0 Å². The molecule has 0 aromatic rings. The molecule has 0 atom stereocenters. The van der Waals surface area contributed by atoms with E-state index in [0.29, 0.717) is 6.42 Å². The quantitative estimate of drug-likeness (QED) is 0.495. The molecule has 2 heteroatoms. The van der Waals surface area contributed by atoms with Crippen LogP contribution in [0.5, 0.6) is 0 Å². The molecular weight excluding hydrogens is 112 g/mol. The lowest BCUT2D eigenvalue weighted by Gasteiger charge is -1.96. The Morgan fingerprint density at radius 3 is 1.89 bits per heavy atom. The minimum absolute atomic E-state index is 0.687. The highest BCUT2D eigenvalue weighted by molar-refractivity contribution is 5.25. The molecule has 0 aromatic heterocycles. The molecule has 4 N–H and O–H groups in total. The second kappa shape index (κ2) is 2.40. The summed E-state index contributed by atoms with van der Waals surface area (Å²) in [5.74, 6) is 0. The zero-order valence-electron chi connectivity index (χ0n) is 5.17. The average Bonchev–Trinajstić information content (AvgIpc) is 1.93. The number of hydrogen-bond donors (Lipinski definition) is 2. The molecule has 2 nitrogen and oxygen atoms in total. The van der Waals surface area contributed by atoms with Gasteiger partial charge < -0.3 is 11.5 Å². The van der Waals surface area contributed by atoms with Gasteiger partial charge in [0, 0.05) is 17.8 Å². The van der Waals surface area contributed by atoms with E-state index >= 15 is 0 Å². The fourth-order valence-electron chi connectivity index (χ4n) is 0.712. The van der Waals surface area contributed by atoms with Crippen LogP contribution >= 0.6 is 0 Å². The Labute approximate surface area is 54.5 Å². The molecule has 1 aliphatic carbocycles. The van der Waals surface area contributed by atoms with E-state index in [2.05, 4.69) is 0 Å². The Morgan fingerprint density at radius 1 is 1.00 bits per heavy atom. The predicted octanol–water partition coefficient (Wildman–Crippen LogP) is 0.632. The molecule has 0 saturated carbocycles. The van der Waals surface area contributed by atoms with Gasteiger partial charge in [0.15, 0.2) is 0 Å². The highest BCUT2D eigenvalue weighted by atomic mass is 14.6. The Kier molecular flexibility index (Phi) is 1.58. The number of nitrogens with two attached hydrogens (primary N) is 2. The molecule has 0 fully saturated rings. The molecule has 0 aromatic carbocycles. The molecule has 0 aliphatic heterocycles. The fraction of sp³-hybridized carbons (Fsp3) is 0.143. The normalized spacial score (nSPS) is 18.2. The van der Waals surface area contributed by atoms with Gasteiger partial charge in [0.05, 0.1) is 0 Å². The van der Waals surface area contributed by atoms with Gasteiger partial charge in [-0.2, -0.15) is 0 Å². The standard InChI is InChI=1S/C7H10N2/c8-6-3-1-2-4-7(9)5-6/h1-4H,5,8-9H2. The minimum atomic E-state index is 0.687. The molecule has 0 heterocycles. The molecule has 0 amide bonds. The van der Waals surface area contributed by atoms with E-state index in [1.165, 1.54) is 0 Å². The van der Waals surface area contributed by atoms with Crippen LogP contribution in [-0.2, 0) is 0 Å². The van der Waals surface area contributed by atoms with Gasteiger partial charge in [-0.1, -0.05) is 12.2 Å². The maximum absolute atomic E-state index is 5.51. The molecule has 0 spiro atoms. The van der Waals surface area contributed by atoms with Crippen molar-refractivity contribution >= 4 is 0 Å². The topological polar surface area (TPSA) is 52.0 Å². The van der Waals surface area contributed by atoms with E-state index in [1.54, 1.807) is 0 Å². The van der Waals surface area contributed by atoms with Crippen molar-refractivity contribution in [2.45, 2.75) is 6.42 Å². The van der Waals surface area contributed by atoms with Crippen molar-refractivity contribution in [1.29, 1.82) is 0 Å². The van der Waals surface area contributed by atoms with E-state index in [9.17, 15) is 0 Å². The summed E-state index contributed by atoms with van der Waals surface area (Å²) in [6.07, 6.45) is 8.17. The molecule has 0 unspecified atom stereocenters. The van der Waals surface area contributed by atoms with Gasteiger partial charge in [0.2, 0.25) is 0 Å². The SMILES string of the molecule is NC1=CC=CC=C(N)C1. The van der Waals surface area contributed by atoms with Gasteiger partial charge in [-0.3, -0.25) is 0 Å². The van der Waals surface area contributed by atoms with Gasteiger partial charge >= 0.3 is 0 Å². The van der Waals surface area contributed by atoms with Gasteiger partial charge in [-0.15, -0.1) is 0 Å². The zero-order chi connectivity index (χ0) is 6.69. The Morgan fingerprint density at radius 2 is 1.44 bits per heavy atom. The number of hydrogen-bond acceptors (Lipinski definition) is 2. The Balaban J connectivity index is 2.77. The van der Waals surface area contributed by atoms with Crippen molar-refractivity contribution in [3.63, 3.8) is 0 Å². The summed E-state index contributed by atoms with van der Waals surface area (Å²) in [5.41, 5.74) is 12.7. The van der Waals surface area contributed by atoms with E-state index in [4.69, 9.17) is 11.5 Å². The number of allylic oxidation sites excluding steroid dienone is 4. The van der Waals surface area contributed by atoms with Crippen molar-refractivity contribution in [3.8, 4) is 0 Å². The van der Waals surface area contributed by atoms with Crippen LogP contribution in [-0.4, -0.2) is 0 Å². The first-order chi connectivity index (χ1) is 4.29. The third-order valence-corrected chi connectivity index (χ3v) is 1.14. The van der Waals surface area contributed by atoms with Gasteiger partial charge in [0.25, 0.3) is 0 Å². The van der Waals surface area contributed by atoms with Crippen LogP contribution in [0.2, 0.25) is 0 Å².